The Hall–Kier alpha value is -1.35. The second kappa shape index (κ2) is 5.53. The van der Waals surface area contributed by atoms with Gasteiger partial charge in [0.15, 0.2) is 0 Å². The van der Waals surface area contributed by atoms with E-state index in [2.05, 4.69) is 31.3 Å². The lowest BCUT2D eigenvalue weighted by Gasteiger charge is -2.19. The van der Waals surface area contributed by atoms with Gasteiger partial charge in [-0.15, -0.1) is 0 Å². The largest absolute Gasteiger partial charge is 0.310 e. The molecular formula is C15H22N2O. The fourth-order valence-corrected chi connectivity index (χ4v) is 2.70. The number of likely N-dealkylation sites (N-methyl/N-ethyl adjacent to an activating group) is 1. The van der Waals surface area contributed by atoms with Gasteiger partial charge in [-0.2, -0.15) is 0 Å². The van der Waals surface area contributed by atoms with Crippen LogP contribution in [0.4, 0.5) is 5.69 Å². The van der Waals surface area contributed by atoms with Crippen LogP contribution >= 0.6 is 0 Å². The molecular weight excluding hydrogens is 224 g/mol. The van der Waals surface area contributed by atoms with Gasteiger partial charge in [0.05, 0.1) is 5.69 Å². The minimum Gasteiger partial charge on any atom is -0.310 e. The van der Waals surface area contributed by atoms with Crippen molar-refractivity contribution in [2.24, 2.45) is 0 Å². The first-order chi connectivity index (χ1) is 8.70. The number of nitrogens with one attached hydrogen (secondary N) is 1. The number of fused-ring (bicyclic) bond motifs is 1. The van der Waals surface area contributed by atoms with Gasteiger partial charge in [-0.1, -0.05) is 38.0 Å². The van der Waals surface area contributed by atoms with Gasteiger partial charge in [0.1, 0.15) is 6.04 Å². The maximum Gasteiger partial charge on any atom is 0.248 e. The molecule has 1 heterocycles. The minimum atomic E-state index is -0.165. The molecule has 0 bridgehead atoms. The van der Waals surface area contributed by atoms with Crippen LogP contribution in [-0.2, 0) is 4.79 Å². The van der Waals surface area contributed by atoms with Crippen molar-refractivity contribution in [2.45, 2.75) is 39.2 Å². The molecule has 0 aliphatic carbocycles. The van der Waals surface area contributed by atoms with Crippen LogP contribution in [0.15, 0.2) is 18.2 Å². The van der Waals surface area contributed by atoms with Crippen LogP contribution in [0.5, 0.6) is 0 Å². The molecule has 1 aromatic rings. The van der Waals surface area contributed by atoms with Gasteiger partial charge >= 0.3 is 0 Å². The Kier molecular flexibility index (Phi) is 4.02. The number of para-hydroxylation sites is 1. The fraction of sp³-hybridized carbons (Fsp3) is 0.533. The molecule has 0 saturated heterocycles. The first kappa shape index (κ1) is 13.1. The number of unbranched alkanes of at least 4 members (excludes halogenated alkanes) is 2. The number of hydrogen-bond acceptors (Lipinski definition) is 2. The molecule has 1 aliphatic heterocycles. The first-order valence-corrected chi connectivity index (χ1v) is 6.78. The number of nitrogens with zero attached hydrogens (tertiary/aromatic N) is 1. The van der Waals surface area contributed by atoms with Crippen molar-refractivity contribution in [1.82, 2.24) is 5.32 Å². The number of benzene rings is 1. The fourth-order valence-electron chi connectivity index (χ4n) is 2.70. The van der Waals surface area contributed by atoms with Crippen molar-refractivity contribution in [3.8, 4) is 0 Å². The maximum absolute atomic E-state index is 12.4. The van der Waals surface area contributed by atoms with Gasteiger partial charge < -0.3 is 10.2 Å². The van der Waals surface area contributed by atoms with E-state index in [1.165, 1.54) is 18.4 Å². The monoisotopic (exact) mass is 246 g/mol. The summed E-state index contributed by atoms with van der Waals surface area (Å²) in [5.41, 5.74) is 3.44. The lowest BCUT2D eigenvalue weighted by molar-refractivity contribution is -0.119. The van der Waals surface area contributed by atoms with Crippen LogP contribution in [0.25, 0.3) is 0 Å². The van der Waals surface area contributed by atoms with Crippen molar-refractivity contribution in [3.05, 3.63) is 29.3 Å². The summed E-state index contributed by atoms with van der Waals surface area (Å²) in [6.45, 7) is 5.10. The van der Waals surface area contributed by atoms with Gasteiger partial charge in [0.2, 0.25) is 5.91 Å². The molecule has 3 heteroatoms. The first-order valence-electron chi connectivity index (χ1n) is 6.78. The molecule has 2 rings (SSSR count). The lowest BCUT2D eigenvalue weighted by Crippen LogP contribution is -2.34. The molecule has 0 radical (unpaired) electrons. The third-order valence-electron chi connectivity index (χ3n) is 3.64. The molecule has 1 N–H and O–H groups in total. The SMILES string of the molecule is CCCCCN1C(=O)C(NC)c2cccc(C)c21. The summed E-state index contributed by atoms with van der Waals surface area (Å²) in [5, 5.41) is 3.13. The van der Waals surface area contributed by atoms with Gasteiger partial charge in [-0.25, -0.2) is 0 Å². The molecule has 1 unspecified atom stereocenters. The predicted octanol–water partition coefficient (Wildman–Crippen LogP) is 2.79. The van der Waals surface area contributed by atoms with Crippen molar-refractivity contribution >= 4 is 11.6 Å². The lowest BCUT2D eigenvalue weighted by atomic mass is 10.1. The summed E-state index contributed by atoms with van der Waals surface area (Å²) in [6, 6.07) is 6.00. The zero-order valence-corrected chi connectivity index (χ0v) is 11.5. The van der Waals surface area contributed by atoms with E-state index in [0.717, 1.165) is 24.2 Å². The van der Waals surface area contributed by atoms with Crippen LogP contribution in [0, 0.1) is 6.92 Å². The minimum absolute atomic E-state index is 0.165. The van der Waals surface area contributed by atoms with E-state index in [9.17, 15) is 4.79 Å². The third kappa shape index (κ3) is 2.15. The average molecular weight is 246 g/mol. The number of rotatable bonds is 5. The Balaban J connectivity index is 2.29. The van der Waals surface area contributed by atoms with E-state index in [1.807, 2.05) is 18.0 Å². The van der Waals surface area contributed by atoms with E-state index >= 15 is 0 Å². The predicted molar refractivity (Wildman–Crippen MR) is 74.9 cm³/mol. The Morgan fingerprint density at radius 3 is 2.78 bits per heavy atom. The van der Waals surface area contributed by atoms with Crippen LogP contribution in [0.1, 0.15) is 43.4 Å². The summed E-state index contributed by atoms with van der Waals surface area (Å²) in [7, 11) is 1.85. The van der Waals surface area contributed by atoms with Crippen molar-refractivity contribution in [2.75, 3.05) is 18.5 Å². The van der Waals surface area contributed by atoms with Crippen molar-refractivity contribution in [3.63, 3.8) is 0 Å². The molecule has 1 aliphatic rings. The number of hydrogen-bond donors (Lipinski definition) is 1. The Labute approximate surface area is 109 Å². The van der Waals surface area contributed by atoms with Crippen LogP contribution < -0.4 is 10.2 Å². The molecule has 1 amide bonds. The van der Waals surface area contributed by atoms with Gasteiger partial charge in [-0.3, -0.25) is 4.79 Å². The molecule has 0 fully saturated rings. The molecule has 1 atom stereocenters. The van der Waals surface area contributed by atoms with Gasteiger partial charge in [0.25, 0.3) is 0 Å². The highest BCUT2D eigenvalue weighted by atomic mass is 16.2. The van der Waals surface area contributed by atoms with Crippen LogP contribution in [-0.4, -0.2) is 19.5 Å². The van der Waals surface area contributed by atoms with Crippen LogP contribution in [0.3, 0.4) is 0 Å². The molecule has 0 saturated carbocycles. The zero-order chi connectivity index (χ0) is 13.1. The molecule has 0 aromatic heterocycles. The van der Waals surface area contributed by atoms with E-state index in [4.69, 9.17) is 0 Å². The topological polar surface area (TPSA) is 32.3 Å². The summed E-state index contributed by atoms with van der Waals surface area (Å²) < 4.78 is 0. The standard InChI is InChI=1S/C15H22N2O/c1-4-5-6-10-17-14-11(2)8-7-9-12(14)13(16-3)15(17)18/h7-9,13,16H,4-6,10H2,1-3H3. The Bertz CT molecular complexity index is 442. The van der Waals surface area contributed by atoms with Gasteiger partial charge in [-0.05, 0) is 26.0 Å². The number of amides is 1. The second-order valence-corrected chi connectivity index (χ2v) is 4.93. The summed E-state index contributed by atoms with van der Waals surface area (Å²) in [4.78, 5) is 14.4. The average Bonchev–Trinajstić information content (AvgIpc) is 2.63. The van der Waals surface area contributed by atoms with Crippen molar-refractivity contribution in [1.29, 1.82) is 0 Å². The Morgan fingerprint density at radius 1 is 1.33 bits per heavy atom. The highest BCUT2D eigenvalue weighted by molar-refractivity contribution is 6.05. The molecule has 18 heavy (non-hydrogen) atoms. The third-order valence-corrected chi connectivity index (χ3v) is 3.64. The van der Waals surface area contributed by atoms with Crippen molar-refractivity contribution < 1.29 is 4.79 Å². The quantitative estimate of drug-likeness (QED) is 0.810. The number of aryl methyl sites for hydroxylation is 1. The van der Waals surface area contributed by atoms with E-state index in [1.54, 1.807) is 0 Å². The maximum atomic E-state index is 12.4. The molecule has 3 nitrogen and oxygen atoms in total. The second-order valence-electron chi connectivity index (χ2n) is 4.93. The van der Waals surface area contributed by atoms with E-state index in [-0.39, 0.29) is 11.9 Å². The number of carbonyl (C=O) groups excluding carboxylic acids is 1. The number of anilines is 1. The summed E-state index contributed by atoms with van der Waals surface area (Å²) in [5.74, 6) is 0.193. The van der Waals surface area contributed by atoms with E-state index in [0.29, 0.717) is 0 Å². The van der Waals surface area contributed by atoms with Gasteiger partial charge in [0, 0.05) is 12.1 Å². The van der Waals surface area contributed by atoms with E-state index < -0.39 is 0 Å². The summed E-state index contributed by atoms with van der Waals surface area (Å²) >= 11 is 0. The normalized spacial score (nSPS) is 18.3. The highest BCUT2D eigenvalue weighted by Gasteiger charge is 2.36. The highest BCUT2D eigenvalue weighted by Crippen LogP contribution is 2.38. The summed E-state index contributed by atoms with van der Waals surface area (Å²) in [6.07, 6.45) is 3.43. The molecule has 0 spiro atoms. The molecule has 98 valence electrons. The number of carbonyl (C=O) groups is 1. The smallest absolute Gasteiger partial charge is 0.248 e. The van der Waals surface area contributed by atoms with Crippen LogP contribution in [0.2, 0.25) is 0 Å². The Morgan fingerprint density at radius 2 is 2.11 bits per heavy atom. The zero-order valence-electron chi connectivity index (χ0n) is 11.5. The molecule has 1 aromatic carbocycles.